The van der Waals surface area contributed by atoms with E-state index in [4.69, 9.17) is 4.99 Å². The molecule has 1 aliphatic rings. The summed E-state index contributed by atoms with van der Waals surface area (Å²) in [5, 5.41) is 4.72. The lowest BCUT2D eigenvalue weighted by Gasteiger charge is -2.35. The van der Waals surface area contributed by atoms with Gasteiger partial charge in [0.05, 0.1) is 0 Å². The maximum Gasteiger partial charge on any atom is 0.156 e. The van der Waals surface area contributed by atoms with Crippen molar-refractivity contribution in [3.8, 4) is 0 Å². The molecular weight excluding hydrogens is 252 g/mol. The summed E-state index contributed by atoms with van der Waals surface area (Å²) >= 11 is 1.86. The molecule has 2 unspecified atom stereocenters. The number of hydrogen-bond acceptors (Lipinski definition) is 2. The third-order valence-corrected chi connectivity index (χ3v) is 4.87. The Balaban J connectivity index is 1.95. The van der Waals surface area contributed by atoms with Crippen LogP contribution in [-0.2, 0) is 0 Å². The molecule has 0 amide bonds. The molecule has 104 valence electrons. The van der Waals surface area contributed by atoms with Gasteiger partial charge in [0.15, 0.2) is 5.17 Å². The minimum Gasteiger partial charge on any atom is -0.360 e. The Hall–Kier alpha value is -0.960. The lowest BCUT2D eigenvalue weighted by Crippen LogP contribution is -2.48. The van der Waals surface area contributed by atoms with Crippen LogP contribution in [-0.4, -0.2) is 23.0 Å². The van der Waals surface area contributed by atoms with Crippen molar-refractivity contribution in [1.82, 2.24) is 5.32 Å². The van der Waals surface area contributed by atoms with Crippen molar-refractivity contribution in [1.29, 1.82) is 0 Å². The maximum absolute atomic E-state index is 4.77. The van der Waals surface area contributed by atoms with Gasteiger partial charge in [0.2, 0.25) is 0 Å². The van der Waals surface area contributed by atoms with Crippen LogP contribution in [0.3, 0.4) is 0 Å². The zero-order chi connectivity index (χ0) is 13.7. The lowest BCUT2D eigenvalue weighted by molar-refractivity contribution is 0.390. The van der Waals surface area contributed by atoms with Gasteiger partial charge in [0.25, 0.3) is 0 Å². The van der Waals surface area contributed by atoms with Crippen LogP contribution in [0.2, 0.25) is 0 Å². The van der Waals surface area contributed by atoms with E-state index in [1.54, 1.807) is 0 Å². The largest absolute Gasteiger partial charge is 0.360 e. The van der Waals surface area contributed by atoms with Crippen LogP contribution in [0.15, 0.2) is 35.3 Å². The number of benzene rings is 1. The molecule has 0 radical (unpaired) electrons. The highest BCUT2D eigenvalue weighted by Crippen LogP contribution is 2.25. The zero-order valence-corrected chi connectivity index (χ0v) is 13.0. The van der Waals surface area contributed by atoms with Crippen molar-refractivity contribution in [2.45, 2.75) is 45.1 Å². The fraction of sp³-hybridized carbons (Fsp3) is 0.562. The molecule has 1 aromatic carbocycles. The number of aliphatic imine (C=N–C) groups is 1. The van der Waals surface area contributed by atoms with E-state index in [1.807, 2.05) is 11.8 Å². The summed E-state index contributed by atoms with van der Waals surface area (Å²) in [6.07, 6.45) is 2.38. The zero-order valence-electron chi connectivity index (χ0n) is 12.1. The molecule has 2 nitrogen and oxygen atoms in total. The Morgan fingerprint density at radius 3 is 2.79 bits per heavy atom. The summed E-state index contributed by atoms with van der Waals surface area (Å²) in [4.78, 5) is 4.77. The molecule has 1 fully saturated rings. The second kappa shape index (κ2) is 6.47. The number of thioether (sulfide) groups is 1. The summed E-state index contributed by atoms with van der Waals surface area (Å²) in [6, 6.07) is 10.6. The van der Waals surface area contributed by atoms with Gasteiger partial charge in [-0.15, -0.1) is 0 Å². The van der Waals surface area contributed by atoms with Gasteiger partial charge in [-0.3, -0.25) is 4.99 Å². The third-order valence-electron chi connectivity index (χ3n) is 3.96. The number of nitrogens with zero attached hydrogens (tertiary/aromatic N) is 1. The van der Waals surface area contributed by atoms with E-state index in [-0.39, 0.29) is 5.54 Å². The first-order chi connectivity index (χ1) is 9.13. The summed E-state index contributed by atoms with van der Waals surface area (Å²) in [6.45, 7) is 7.64. The Labute approximate surface area is 121 Å². The minimum absolute atomic E-state index is 0.236. The third kappa shape index (κ3) is 4.00. The Bertz CT molecular complexity index is 430. The molecule has 1 saturated heterocycles. The highest BCUT2D eigenvalue weighted by molar-refractivity contribution is 8.13. The second-order valence-electron chi connectivity index (χ2n) is 5.60. The van der Waals surface area contributed by atoms with Crippen LogP contribution in [0.5, 0.6) is 0 Å². The molecule has 1 heterocycles. The Morgan fingerprint density at radius 2 is 2.11 bits per heavy atom. The normalized spacial score (nSPS) is 27.0. The van der Waals surface area contributed by atoms with Crippen molar-refractivity contribution < 1.29 is 0 Å². The van der Waals surface area contributed by atoms with Gasteiger partial charge in [-0.2, -0.15) is 0 Å². The average molecular weight is 276 g/mol. The van der Waals surface area contributed by atoms with Crippen molar-refractivity contribution in [2.24, 2.45) is 4.99 Å². The number of amidine groups is 1. The molecule has 1 aliphatic heterocycles. The minimum atomic E-state index is 0.236. The molecule has 0 aliphatic carbocycles. The van der Waals surface area contributed by atoms with E-state index >= 15 is 0 Å². The molecule has 0 saturated carbocycles. The van der Waals surface area contributed by atoms with Gasteiger partial charge in [-0.1, -0.05) is 55.9 Å². The molecule has 0 aromatic heterocycles. The molecule has 19 heavy (non-hydrogen) atoms. The Morgan fingerprint density at radius 1 is 1.37 bits per heavy atom. The van der Waals surface area contributed by atoms with Gasteiger partial charge >= 0.3 is 0 Å². The Kier molecular flexibility index (Phi) is 4.92. The van der Waals surface area contributed by atoms with E-state index in [0.29, 0.717) is 5.92 Å². The molecule has 2 atom stereocenters. The van der Waals surface area contributed by atoms with Crippen LogP contribution in [0.4, 0.5) is 0 Å². The van der Waals surface area contributed by atoms with Gasteiger partial charge in [-0.05, 0) is 25.3 Å². The fourth-order valence-corrected chi connectivity index (χ4v) is 3.42. The summed E-state index contributed by atoms with van der Waals surface area (Å²) in [5.41, 5.74) is 1.60. The molecule has 3 heteroatoms. The number of nitrogens with one attached hydrogen (secondary N) is 1. The number of rotatable bonds is 4. The van der Waals surface area contributed by atoms with Gasteiger partial charge in [-0.25, -0.2) is 0 Å². The maximum atomic E-state index is 4.77. The first-order valence-electron chi connectivity index (χ1n) is 7.13. The predicted molar refractivity (Wildman–Crippen MR) is 86.1 cm³/mol. The lowest BCUT2D eigenvalue weighted by atomic mass is 9.96. The van der Waals surface area contributed by atoms with Crippen LogP contribution in [0.25, 0.3) is 0 Å². The standard InChI is InChI=1S/C16H24N2S/c1-4-16(3)10-11-19-15(18-16)17-12-13(2)14-8-6-5-7-9-14/h5-9,13H,4,10-12H2,1-3H3,(H,17,18). The van der Waals surface area contributed by atoms with Crippen LogP contribution < -0.4 is 5.32 Å². The van der Waals surface area contributed by atoms with Gasteiger partial charge in [0.1, 0.15) is 0 Å². The SMILES string of the molecule is CCC1(C)CCSC(=NCC(C)c2ccccc2)N1. The summed E-state index contributed by atoms with van der Waals surface area (Å²) in [5.74, 6) is 1.65. The molecular formula is C16H24N2S. The van der Waals surface area contributed by atoms with E-state index in [2.05, 4.69) is 56.4 Å². The fourth-order valence-electron chi connectivity index (χ4n) is 2.19. The smallest absolute Gasteiger partial charge is 0.156 e. The van der Waals surface area contributed by atoms with Crippen molar-refractivity contribution in [3.63, 3.8) is 0 Å². The molecule has 2 rings (SSSR count). The quantitative estimate of drug-likeness (QED) is 0.897. The van der Waals surface area contributed by atoms with Crippen molar-refractivity contribution >= 4 is 16.9 Å². The van der Waals surface area contributed by atoms with Crippen LogP contribution in [0.1, 0.15) is 45.1 Å². The average Bonchev–Trinajstić information content (AvgIpc) is 2.46. The number of hydrogen-bond donors (Lipinski definition) is 1. The molecule has 0 spiro atoms. The van der Waals surface area contributed by atoms with E-state index in [0.717, 1.165) is 18.1 Å². The van der Waals surface area contributed by atoms with Crippen molar-refractivity contribution in [2.75, 3.05) is 12.3 Å². The van der Waals surface area contributed by atoms with Crippen LogP contribution >= 0.6 is 11.8 Å². The van der Waals surface area contributed by atoms with E-state index < -0.39 is 0 Å². The van der Waals surface area contributed by atoms with E-state index in [1.165, 1.54) is 17.7 Å². The first kappa shape index (κ1) is 14.4. The second-order valence-corrected chi connectivity index (χ2v) is 6.68. The van der Waals surface area contributed by atoms with E-state index in [9.17, 15) is 0 Å². The molecule has 1 aromatic rings. The monoisotopic (exact) mass is 276 g/mol. The summed E-state index contributed by atoms with van der Waals surface area (Å²) in [7, 11) is 0. The molecule has 0 bridgehead atoms. The topological polar surface area (TPSA) is 24.4 Å². The predicted octanol–water partition coefficient (Wildman–Crippen LogP) is 4.04. The highest BCUT2D eigenvalue weighted by Gasteiger charge is 2.27. The summed E-state index contributed by atoms with van der Waals surface area (Å²) < 4.78 is 0. The van der Waals surface area contributed by atoms with Gasteiger partial charge < -0.3 is 5.32 Å². The van der Waals surface area contributed by atoms with Gasteiger partial charge in [0, 0.05) is 23.8 Å². The first-order valence-corrected chi connectivity index (χ1v) is 8.12. The molecule has 1 N–H and O–H groups in total. The van der Waals surface area contributed by atoms with Crippen LogP contribution in [0, 0.1) is 0 Å². The van der Waals surface area contributed by atoms with Crippen molar-refractivity contribution in [3.05, 3.63) is 35.9 Å². The highest BCUT2D eigenvalue weighted by atomic mass is 32.2.